The summed E-state index contributed by atoms with van der Waals surface area (Å²) in [6.45, 7) is 6.03. The van der Waals surface area contributed by atoms with Crippen LogP contribution in [0.2, 0.25) is 0 Å². The summed E-state index contributed by atoms with van der Waals surface area (Å²) in [4.78, 5) is 17.1. The van der Waals surface area contributed by atoms with E-state index in [4.69, 9.17) is 9.21 Å². The number of halogens is 1. The summed E-state index contributed by atoms with van der Waals surface area (Å²) in [7, 11) is 0. The Morgan fingerprint density at radius 1 is 1.29 bits per heavy atom. The summed E-state index contributed by atoms with van der Waals surface area (Å²) in [6, 6.07) is 6.18. The van der Waals surface area contributed by atoms with Gasteiger partial charge in [-0.15, -0.1) is 11.3 Å². The molecule has 128 valence electrons. The van der Waals surface area contributed by atoms with Gasteiger partial charge in [0.15, 0.2) is 16.7 Å². The highest BCUT2D eigenvalue weighted by molar-refractivity contribution is 7.13. The lowest BCUT2D eigenvalue weighted by Gasteiger charge is -1.98. The fourth-order valence-corrected chi connectivity index (χ4v) is 2.33. The van der Waals surface area contributed by atoms with Gasteiger partial charge >= 0.3 is 0 Å². The number of oxazole rings is 1. The van der Waals surface area contributed by atoms with Crippen LogP contribution in [0.25, 0.3) is 22.0 Å². The number of amides is 1. The number of rotatable bonds is 2. The molecule has 0 aliphatic heterocycles. The molecule has 0 aliphatic rings. The van der Waals surface area contributed by atoms with Crippen molar-refractivity contribution < 1.29 is 13.6 Å². The van der Waals surface area contributed by atoms with Crippen LogP contribution < -0.4 is 5.73 Å². The summed E-state index contributed by atoms with van der Waals surface area (Å²) >= 11 is 1.48. The number of hydrogen-bond acceptors (Lipinski definition) is 5. The third kappa shape index (κ3) is 5.58. The van der Waals surface area contributed by atoms with Crippen molar-refractivity contribution in [1.29, 1.82) is 0 Å². The Balaban J connectivity index is 0.000000423. The molecule has 2 aromatic heterocycles. The molecule has 3 rings (SSSR count). The highest BCUT2D eigenvalue weighted by atomic mass is 32.1. The molecule has 0 saturated carbocycles. The van der Waals surface area contributed by atoms with E-state index in [1.807, 2.05) is 5.38 Å². The molecule has 0 unspecified atom stereocenters. The van der Waals surface area contributed by atoms with Gasteiger partial charge < -0.3 is 10.2 Å². The van der Waals surface area contributed by atoms with Crippen molar-refractivity contribution in [1.82, 2.24) is 9.97 Å². The Morgan fingerprint density at radius 3 is 2.38 bits per heavy atom. The van der Waals surface area contributed by atoms with Gasteiger partial charge in [0.25, 0.3) is 0 Å². The number of hydrogen-bond donors (Lipinski definition) is 1. The van der Waals surface area contributed by atoms with Crippen molar-refractivity contribution in [3.8, 4) is 22.0 Å². The van der Waals surface area contributed by atoms with Crippen LogP contribution in [0.3, 0.4) is 0 Å². The van der Waals surface area contributed by atoms with E-state index in [0.717, 1.165) is 10.6 Å². The third-order valence-corrected chi connectivity index (χ3v) is 3.25. The number of thiazole rings is 1. The van der Waals surface area contributed by atoms with E-state index in [0.29, 0.717) is 17.3 Å². The van der Waals surface area contributed by atoms with Crippen LogP contribution in [0.1, 0.15) is 26.2 Å². The second kappa shape index (κ2) is 10.3. The van der Waals surface area contributed by atoms with Crippen LogP contribution in [0.15, 0.2) is 40.3 Å². The Bertz CT molecular complexity index is 725. The van der Waals surface area contributed by atoms with Gasteiger partial charge in [0.1, 0.15) is 11.5 Å². The number of benzene rings is 1. The molecule has 24 heavy (non-hydrogen) atoms. The molecule has 0 radical (unpaired) electrons. The first-order valence-electron chi connectivity index (χ1n) is 7.35. The highest BCUT2D eigenvalue weighted by Crippen LogP contribution is 2.33. The number of primary amides is 1. The SMILES string of the molecule is CCC.Cc1nc(-c2ccc(F)cc2)c(-c2nccs2)o1.NC=O. The molecule has 0 bridgehead atoms. The molecule has 0 fully saturated rings. The van der Waals surface area contributed by atoms with Crippen molar-refractivity contribution >= 4 is 17.7 Å². The molecular formula is C17H20FN3O2S. The van der Waals surface area contributed by atoms with Gasteiger partial charge in [-0.1, -0.05) is 20.3 Å². The predicted octanol–water partition coefficient (Wildman–Crippen LogP) is 4.43. The predicted molar refractivity (Wildman–Crippen MR) is 94.0 cm³/mol. The van der Waals surface area contributed by atoms with E-state index in [1.165, 1.54) is 29.9 Å². The first-order chi connectivity index (χ1) is 11.6. The summed E-state index contributed by atoms with van der Waals surface area (Å²) < 4.78 is 18.5. The largest absolute Gasteiger partial charge is 0.438 e. The zero-order valence-electron chi connectivity index (χ0n) is 13.8. The summed E-state index contributed by atoms with van der Waals surface area (Å²) in [5, 5.41) is 2.65. The molecule has 0 aliphatic carbocycles. The lowest BCUT2D eigenvalue weighted by molar-refractivity contribution is -0.106. The summed E-state index contributed by atoms with van der Waals surface area (Å²) in [6.07, 6.45) is 3.21. The second-order valence-electron chi connectivity index (χ2n) is 4.60. The minimum atomic E-state index is -0.269. The average molecular weight is 349 g/mol. The standard InChI is InChI=1S/C13H9FN2OS.C3H8.CH3NO/c1-8-16-11(9-2-4-10(14)5-3-9)12(17-8)13-15-6-7-18-13;1-3-2;2-1-3/h2-7H,1H3;3H2,1-2H3;1H,(H2,2,3). The van der Waals surface area contributed by atoms with Crippen LogP contribution in [0.4, 0.5) is 4.39 Å². The van der Waals surface area contributed by atoms with Crippen LogP contribution in [-0.4, -0.2) is 16.4 Å². The normalized spacial score (nSPS) is 9.33. The number of carbonyl (C=O) groups excluding carboxylic acids is 1. The molecule has 5 nitrogen and oxygen atoms in total. The lowest BCUT2D eigenvalue weighted by atomic mass is 10.1. The average Bonchev–Trinajstić information content (AvgIpc) is 3.19. The second-order valence-corrected chi connectivity index (χ2v) is 5.49. The zero-order valence-corrected chi connectivity index (χ0v) is 14.6. The summed E-state index contributed by atoms with van der Waals surface area (Å²) in [5.74, 6) is 0.934. The van der Waals surface area contributed by atoms with Crippen LogP contribution in [0.5, 0.6) is 0 Å². The van der Waals surface area contributed by atoms with E-state index >= 15 is 0 Å². The Kier molecular flexibility index (Phi) is 8.35. The van der Waals surface area contributed by atoms with Crippen molar-refractivity contribution in [2.45, 2.75) is 27.2 Å². The third-order valence-electron chi connectivity index (χ3n) is 2.48. The number of nitrogens with zero attached hydrogens (tertiary/aromatic N) is 2. The molecule has 2 heterocycles. The molecule has 1 aromatic carbocycles. The molecule has 3 aromatic rings. The number of carbonyl (C=O) groups is 1. The van der Waals surface area contributed by atoms with E-state index in [9.17, 15) is 4.39 Å². The maximum Gasteiger partial charge on any atom is 0.204 e. The number of aromatic nitrogens is 2. The van der Waals surface area contributed by atoms with Gasteiger partial charge in [-0.25, -0.2) is 14.4 Å². The van der Waals surface area contributed by atoms with Crippen molar-refractivity contribution in [2.75, 3.05) is 0 Å². The molecule has 0 atom stereocenters. The quantitative estimate of drug-likeness (QED) is 0.694. The van der Waals surface area contributed by atoms with Crippen molar-refractivity contribution in [3.63, 3.8) is 0 Å². The number of nitrogens with two attached hydrogens (primary N) is 1. The topological polar surface area (TPSA) is 82.0 Å². The maximum absolute atomic E-state index is 12.9. The Hall–Kier alpha value is -2.54. The maximum atomic E-state index is 12.9. The van der Waals surface area contributed by atoms with Crippen molar-refractivity contribution in [2.24, 2.45) is 5.73 Å². The first-order valence-corrected chi connectivity index (χ1v) is 8.23. The molecule has 2 N–H and O–H groups in total. The molecular weight excluding hydrogens is 329 g/mol. The van der Waals surface area contributed by atoms with E-state index in [-0.39, 0.29) is 12.2 Å². The van der Waals surface area contributed by atoms with Crippen molar-refractivity contribution in [3.05, 3.63) is 47.6 Å². The summed E-state index contributed by atoms with van der Waals surface area (Å²) in [5.41, 5.74) is 5.68. The van der Waals surface area contributed by atoms with E-state index in [2.05, 4.69) is 29.5 Å². The lowest BCUT2D eigenvalue weighted by Crippen LogP contribution is -1.82. The molecule has 7 heteroatoms. The minimum absolute atomic E-state index is 0.250. The van der Waals surface area contributed by atoms with Crippen LogP contribution in [-0.2, 0) is 4.79 Å². The van der Waals surface area contributed by atoms with Gasteiger partial charge in [-0.3, -0.25) is 4.79 Å². The highest BCUT2D eigenvalue weighted by Gasteiger charge is 2.16. The first kappa shape index (κ1) is 19.5. The van der Waals surface area contributed by atoms with Gasteiger partial charge in [0, 0.05) is 24.1 Å². The van der Waals surface area contributed by atoms with E-state index < -0.39 is 0 Å². The van der Waals surface area contributed by atoms with E-state index in [1.54, 1.807) is 25.3 Å². The van der Waals surface area contributed by atoms with Gasteiger partial charge in [-0.05, 0) is 24.3 Å². The Morgan fingerprint density at radius 2 is 1.88 bits per heavy atom. The van der Waals surface area contributed by atoms with Gasteiger partial charge in [-0.2, -0.15) is 0 Å². The Labute approximate surface area is 144 Å². The fourth-order valence-electron chi connectivity index (χ4n) is 1.71. The van der Waals surface area contributed by atoms with Gasteiger partial charge in [0.2, 0.25) is 6.41 Å². The van der Waals surface area contributed by atoms with Crippen LogP contribution >= 0.6 is 11.3 Å². The van der Waals surface area contributed by atoms with Crippen LogP contribution in [0, 0.1) is 12.7 Å². The van der Waals surface area contributed by atoms with Gasteiger partial charge in [0.05, 0.1) is 0 Å². The zero-order chi connectivity index (χ0) is 17.9. The monoisotopic (exact) mass is 349 g/mol. The minimum Gasteiger partial charge on any atom is -0.438 e. The molecule has 0 saturated heterocycles. The number of aryl methyl sites for hydroxylation is 1. The smallest absolute Gasteiger partial charge is 0.204 e. The molecule has 0 spiro atoms. The molecule has 1 amide bonds. The fraction of sp³-hybridized carbons (Fsp3) is 0.235.